The van der Waals surface area contributed by atoms with E-state index < -0.39 is 0 Å². The van der Waals surface area contributed by atoms with Crippen LogP contribution < -0.4 is 0 Å². The van der Waals surface area contributed by atoms with Crippen LogP contribution in [-0.4, -0.2) is 12.0 Å². The summed E-state index contributed by atoms with van der Waals surface area (Å²) in [6.07, 6.45) is 4.47. The van der Waals surface area contributed by atoms with Crippen LogP contribution in [0.3, 0.4) is 0 Å². The number of thioether (sulfide) groups is 1. The second-order valence-corrected chi connectivity index (χ2v) is 5.92. The zero-order valence-electron chi connectivity index (χ0n) is 13.0. The van der Waals surface area contributed by atoms with Gasteiger partial charge in [-0.2, -0.15) is 0 Å². The summed E-state index contributed by atoms with van der Waals surface area (Å²) in [5.74, 6) is -0.488. The number of ketones is 1. The summed E-state index contributed by atoms with van der Waals surface area (Å²) in [5, 5.41) is 0. The van der Waals surface area contributed by atoms with Gasteiger partial charge in [0.05, 0.1) is 0 Å². The van der Waals surface area contributed by atoms with E-state index in [-0.39, 0.29) is 11.6 Å². The maximum absolute atomic E-state index is 13.9. The summed E-state index contributed by atoms with van der Waals surface area (Å²) in [6.45, 7) is 3.98. The Morgan fingerprint density at radius 3 is 2.55 bits per heavy atom. The van der Waals surface area contributed by atoms with Gasteiger partial charge in [-0.25, -0.2) is 4.39 Å². The second-order valence-electron chi connectivity index (χ2n) is 5.07. The molecular formula is C19H19FOS. The van der Waals surface area contributed by atoms with Crippen LogP contribution in [0.25, 0.3) is 5.57 Å². The van der Waals surface area contributed by atoms with E-state index in [0.29, 0.717) is 16.0 Å². The van der Waals surface area contributed by atoms with Crippen LogP contribution in [0, 0.1) is 12.7 Å². The molecular weight excluding hydrogens is 295 g/mol. The Morgan fingerprint density at radius 1 is 1.18 bits per heavy atom. The van der Waals surface area contributed by atoms with Gasteiger partial charge in [-0.15, -0.1) is 11.8 Å². The van der Waals surface area contributed by atoms with Gasteiger partial charge < -0.3 is 0 Å². The van der Waals surface area contributed by atoms with E-state index in [1.165, 1.54) is 17.8 Å². The minimum Gasteiger partial charge on any atom is -0.289 e. The highest BCUT2D eigenvalue weighted by Gasteiger charge is 2.16. The molecule has 0 radical (unpaired) electrons. The number of carbonyl (C=O) groups excluding carboxylic acids is 1. The first-order chi connectivity index (χ1) is 10.6. The monoisotopic (exact) mass is 314 g/mol. The van der Waals surface area contributed by atoms with Crippen LogP contribution in [0.4, 0.5) is 4.39 Å². The lowest BCUT2D eigenvalue weighted by atomic mass is 9.95. The lowest BCUT2D eigenvalue weighted by molar-refractivity contribution is 0.105. The standard InChI is InChI=1S/C19H19FOS/c1-4-6-16(14-8-5-7-13(2)11-14)19(21)15-9-10-18(22-3)17(20)12-15/h5-12H,4H2,1-3H3. The third-order valence-corrected chi connectivity index (χ3v) is 4.17. The molecule has 22 heavy (non-hydrogen) atoms. The van der Waals surface area contributed by atoms with Crippen molar-refractivity contribution in [2.24, 2.45) is 0 Å². The van der Waals surface area contributed by atoms with Crippen molar-refractivity contribution in [2.45, 2.75) is 25.2 Å². The van der Waals surface area contributed by atoms with Gasteiger partial charge in [0.2, 0.25) is 0 Å². The highest BCUT2D eigenvalue weighted by atomic mass is 32.2. The summed E-state index contributed by atoms with van der Waals surface area (Å²) in [5.41, 5.74) is 2.98. The molecule has 0 fully saturated rings. The van der Waals surface area contributed by atoms with Gasteiger partial charge in [-0.05, 0) is 43.4 Å². The Balaban J connectivity index is 2.43. The van der Waals surface area contributed by atoms with E-state index in [2.05, 4.69) is 0 Å². The van der Waals surface area contributed by atoms with E-state index in [9.17, 15) is 9.18 Å². The molecule has 0 aliphatic rings. The van der Waals surface area contributed by atoms with Crippen molar-refractivity contribution >= 4 is 23.1 Å². The molecule has 1 nitrogen and oxygen atoms in total. The van der Waals surface area contributed by atoms with E-state index in [1.807, 2.05) is 50.4 Å². The molecule has 0 aromatic heterocycles. The molecule has 0 N–H and O–H groups in total. The van der Waals surface area contributed by atoms with E-state index in [1.54, 1.807) is 12.1 Å². The maximum Gasteiger partial charge on any atom is 0.193 e. The third-order valence-electron chi connectivity index (χ3n) is 3.40. The molecule has 0 amide bonds. The Hall–Kier alpha value is -1.87. The zero-order valence-corrected chi connectivity index (χ0v) is 13.8. The average Bonchev–Trinajstić information content (AvgIpc) is 2.52. The van der Waals surface area contributed by atoms with Crippen LogP contribution in [-0.2, 0) is 0 Å². The topological polar surface area (TPSA) is 17.1 Å². The molecule has 2 rings (SSSR count). The van der Waals surface area contributed by atoms with Crippen molar-refractivity contribution < 1.29 is 9.18 Å². The fraction of sp³-hybridized carbons (Fsp3) is 0.211. The Kier molecular flexibility index (Phi) is 5.56. The zero-order chi connectivity index (χ0) is 16.1. The molecule has 0 bridgehead atoms. The SMILES string of the molecule is CCC=C(C(=O)c1ccc(SC)c(F)c1)c1cccc(C)c1. The van der Waals surface area contributed by atoms with Crippen LogP contribution in [0.5, 0.6) is 0 Å². The summed E-state index contributed by atoms with van der Waals surface area (Å²) < 4.78 is 13.9. The average molecular weight is 314 g/mol. The summed E-state index contributed by atoms with van der Waals surface area (Å²) >= 11 is 1.33. The van der Waals surface area contributed by atoms with E-state index in [0.717, 1.165) is 17.5 Å². The molecule has 3 heteroatoms. The second kappa shape index (κ2) is 7.41. The summed E-state index contributed by atoms with van der Waals surface area (Å²) in [7, 11) is 0. The minimum atomic E-state index is -0.349. The first-order valence-corrected chi connectivity index (χ1v) is 8.44. The molecule has 0 aliphatic heterocycles. The highest BCUT2D eigenvalue weighted by Crippen LogP contribution is 2.25. The van der Waals surface area contributed by atoms with Crippen molar-refractivity contribution in [3.05, 3.63) is 71.0 Å². The molecule has 0 spiro atoms. The maximum atomic E-state index is 13.9. The molecule has 0 aliphatic carbocycles. The van der Waals surface area contributed by atoms with Gasteiger partial charge >= 0.3 is 0 Å². The van der Waals surface area contributed by atoms with Crippen molar-refractivity contribution in [1.82, 2.24) is 0 Å². The van der Waals surface area contributed by atoms with Crippen LogP contribution in [0.1, 0.15) is 34.8 Å². The normalized spacial score (nSPS) is 11.5. The minimum absolute atomic E-state index is 0.140. The fourth-order valence-corrected chi connectivity index (χ4v) is 2.78. The van der Waals surface area contributed by atoms with Gasteiger partial charge in [0.1, 0.15) is 5.82 Å². The Morgan fingerprint density at radius 2 is 1.95 bits per heavy atom. The predicted octanol–water partition coefficient (Wildman–Crippen LogP) is 5.53. The van der Waals surface area contributed by atoms with Crippen LogP contribution >= 0.6 is 11.8 Å². The Labute approximate surface area is 135 Å². The van der Waals surface area contributed by atoms with Crippen molar-refractivity contribution in [1.29, 1.82) is 0 Å². The van der Waals surface area contributed by atoms with Gasteiger partial charge in [-0.1, -0.05) is 42.8 Å². The molecule has 114 valence electrons. The fourth-order valence-electron chi connectivity index (χ4n) is 2.32. The largest absolute Gasteiger partial charge is 0.289 e. The number of carbonyl (C=O) groups is 1. The van der Waals surface area contributed by atoms with Gasteiger partial charge in [0, 0.05) is 16.0 Å². The molecule has 0 unspecified atom stereocenters. The molecule has 0 atom stereocenters. The molecule has 2 aromatic rings. The van der Waals surface area contributed by atoms with Crippen molar-refractivity contribution in [3.8, 4) is 0 Å². The lowest BCUT2D eigenvalue weighted by Crippen LogP contribution is -2.04. The smallest absolute Gasteiger partial charge is 0.193 e. The number of Topliss-reactive ketones (excluding diaryl/α,β-unsaturated/α-hetero) is 1. The summed E-state index contributed by atoms with van der Waals surface area (Å²) in [6, 6.07) is 12.5. The third kappa shape index (κ3) is 3.66. The Bertz CT molecular complexity index is 719. The van der Waals surface area contributed by atoms with Gasteiger partial charge in [0.15, 0.2) is 5.78 Å². The van der Waals surface area contributed by atoms with Crippen molar-refractivity contribution in [2.75, 3.05) is 6.26 Å². The quantitative estimate of drug-likeness (QED) is 0.410. The number of benzene rings is 2. The van der Waals surface area contributed by atoms with Crippen LogP contribution in [0.15, 0.2) is 53.4 Å². The van der Waals surface area contributed by atoms with Crippen molar-refractivity contribution in [3.63, 3.8) is 0 Å². The van der Waals surface area contributed by atoms with Crippen LogP contribution in [0.2, 0.25) is 0 Å². The van der Waals surface area contributed by atoms with Gasteiger partial charge in [-0.3, -0.25) is 4.79 Å². The van der Waals surface area contributed by atoms with Gasteiger partial charge in [0.25, 0.3) is 0 Å². The number of rotatable bonds is 5. The first-order valence-electron chi connectivity index (χ1n) is 7.22. The molecule has 0 saturated carbocycles. The van der Waals surface area contributed by atoms with E-state index in [4.69, 9.17) is 0 Å². The summed E-state index contributed by atoms with van der Waals surface area (Å²) in [4.78, 5) is 13.3. The highest BCUT2D eigenvalue weighted by molar-refractivity contribution is 7.98. The molecule has 2 aromatic carbocycles. The molecule has 0 saturated heterocycles. The number of allylic oxidation sites excluding steroid dienone is 2. The molecule has 0 heterocycles. The number of hydrogen-bond donors (Lipinski definition) is 0. The number of hydrogen-bond acceptors (Lipinski definition) is 2. The predicted molar refractivity (Wildman–Crippen MR) is 92.0 cm³/mol. The first kappa shape index (κ1) is 16.5. The number of aryl methyl sites for hydroxylation is 1. The number of halogens is 1. The lowest BCUT2D eigenvalue weighted by Gasteiger charge is -2.09. The van der Waals surface area contributed by atoms with E-state index >= 15 is 0 Å².